The topological polar surface area (TPSA) is 67.4 Å². The van der Waals surface area contributed by atoms with Crippen molar-refractivity contribution in [1.82, 2.24) is 15.1 Å². The molecule has 1 aromatic heterocycles. The first-order valence-electron chi connectivity index (χ1n) is 9.89. The zero-order chi connectivity index (χ0) is 19.9. The van der Waals surface area contributed by atoms with Gasteiger partial charge in [0.1, 0.15) is 17.4 Å². The molecule has 1 aliphatic heterocycles. The van der Waals surface area contributed by atoms with Gasteiger partial charge in [-0.1, -0.05) is 48.1 Å². The standard InChI is InChI=1S/C22H24N4O2S/c27-21(23-22-25-24-20(29-22)15-26-13-5-2-6-14-26)18-9-11-19(12-10-18)28-16-17-7-3-1-4-8-17/h1,3-4,7-12H,2,5-6,13-16H2,(H,23,25,27). The number of amides is 1. The summed E-state index contributed by atoms with van der Waals surface area (Å²) in [7, 11) is 0. The Kier molecular flexibility index (Phi) is 6.49. The monoisotopic (exact) mass is 408 g/mol. The molecular weight excluding hydrogens is 384 g/mol. The number of piperidine rings is 1. The van der Waals surface area contributed by atoms with E-state index in [0.717, 1.165) is 36.0 Å². The molecule has 150 valence electrons. The smallest absolute Gasteiger partial charge is 0.257 e. The highest BCUT2D eigenvalue weighted by Crippen LogP contribution is 2.20. The van der Waals surface area contributed by atoms with Crippen LogP contribution in [0.1, 0.15) is 40.2 Å². The summed E-state index contributed by atoms with van der Waals surface area (Å²) in [6, 6.07) is 17.1. The number of anilines is 1. The number of benzene rings is 2. The second-order valence-corrected chi connectivity index (χ2v) is 8.15. The minimum atomic E-state index is -0.194. The Labute approximate surface area is 174 Å². The molecular formula is C22H24N4O2S. The Morgan fingerprint density at radius 1 is 1.00 bits per heavy atom. The van der Waals surface area contributed by atoms with E-state index in [0.29, 0.717) is 17.3 Å². The first kappa shape index (κ1) is 19.5. The predicted molar refractivity (Wildman–Crippen MR) is 114 cm³/mol. The second kappa shape index (κ2) is 9.62. The fourth-order valence-corrected chi connectivity index (χ4v) is 4.07. The van der Waals surface area contributed by atoms with Crippen LogP contribution >= 0.6 is 11.3 Å². The summed E-state index contributed by atoms with van der Waals surface area (Å²) in [5.41, 5.74) is 1.66. The maximum absolute atomic E-state index is 12.5. The van der Waals surface area contributed by atoms with Gasteiger partial charge < -0.3 is 4.74 Å². The molecule has 6 nitrogen and oxygen atoms in total. The third kappa shape index (κ3) is 5.62. The van der Waals surface area contributed by atoms with Crippen LogP contribution in [-0.2, 0) is 13.2 Å². The maximum Gasteiger partial charge on any atom is 0.257 e. The highest BCUT2D eigenvalue weighted by atomic mass is 32.1. The van der Waals surface area contributed by atoms with Gasteiger partial charge in [-0.05, 0) is 55.8 Å². The van der Waals surface area contributed by atoms with Crippen LogP contribution in [0.4, 0.5) is 5.13 Å². The lowest BCUT2D eigenvalue weighted by molar-refractivity contribution is 0.102. The summed E-state index contributed by atoms with van der Waals surface area (Å²) in [6.45, 7) is 3.53. The molecule has 1 aliphatic rings. The molecule has 0 unspecified atom stereocenters. The van der Waals surface area contributed by atoms with Gasteiger partial charge in [0.25, 0.3) is 5.91 Å². The minimum absolute atomic E-state index is 0.194. The average Bonchev–Trinajstić information content (AvgIpc) is 3.20. The number of rotatable bonds is 7. The summed E-state index contributed by atoms with van der Waals surface area (Å²) in [5, 5.41) is 12.6. The summed E-state index contributed by atoms with van der Waals surface area (Å²) < 4.78 is 5.76. The van der Waals surface area contributed by atoms with E-state index in [4.69, 9.17) is 4.74 Å². The number of carbonyl (C=O) groups excluding carboxylic acids is 1. The zero-order valence-electron chi connectivity index (χ0n) is 16.2. The Bertz CT molecular complexity index is 922. The molecule has 2 heterocycles. The van der Waals surface area contributed by atoms with Gasteiger partial charge in [0.2, 0.25) is 5.13 Å². The van der Waals surface area contributed by atoms with Crippen molar-refractivity contribution in [3.63, 3.8) is 0 Å². The minimum Gasteiger partial charge on any atom is -0.489 e. The van der Waals surface area contributed by atoms with Crippen LogP contribution in [0.15, 0.2) is 54.6 Å². The first-order chi connectivity index (χ1) is 14.3. The SMILES string of the molecule is O=C(Nc1nnc(CN2CCCCC2)s1)c1ccc(OCc2ccccc2)cc1. The Morgan fingerprint density at radius 3 is 2.52 bits per heavy atom. The molecule has 1 N–H and O–H groups in total. The summed E-state index contributed by atoms with van der Waals surface area (Å²) in [6.07, 6.45) is 3.80. The number of carbonyl (C=O) groups is 1. The van der Waals surface area contributed by atoms with Gasteiger partial charge in [0.15, 0.2) is 0 Å². The molecule has 0 aliphatic carbocycles. The van der Waals surface area contributed by atoms with Crippen molar-refractivity contribution in [3.05, 3.63) is 70.7 Å². The molecule has 0 radical (unpaired) electrons. The van der Waals surface area contributed by atoms with Crippen molar-refractivity contribution in [2.45, 2.75) is 32.4 Å². The Morgan fingerprint density at radius 2 is 1.76 bits per heavy atom. The van der Waals surface area contributed by atoms with Gasteiger partial charge >= 0.3 is 0 Å². The van der Waals surface area contributed by atoms with Crippen LogP contribution in [0.2, 0.25) is 0 Å². The Balaban J connectivity index is 1.29. The summed E-state index contributed by atoms with van der Waals surface area (Å²) in [4.78, 5) is 14.9. The average molecular weight is 409 g/mol. The van der Waals surface area contributed by atoms with Gasteiger partial charge in [-0.15, -0.1) is 10.2 Å². The van der Waals surface area contributed by atoms with Gasteiger partial charge in [0, 0.05) is 5.56 Å². The number of likely N-dealkylation sites (tertiary alicyclic amines) is 1. The van der Waals surface area contributed by atoms with Crippen LogP contribution in [0.25, 0.3) is 0 Å². The van der Waals surface area contributed by atoms with Gasteiger partial charge in [0.05, 0.1) is 6.54 Å². The van der Waals surface area contributed by atoms with Crippen molar-refractivity contribution >= 4 is 22.4 Å². The lowest BCUT2D eigenvalue weighted by Crippen LogP contribution is -2.28. The second-order valence-electron chi connectivity index (χ2n) is 7.09. The quantitative estimate of drug-likeness (QED) is 0.629. The Hall–Kier alpha value is -2.77. The molecule has 0 atom stereocenters. The van der Waals surface area contributed by atoms with Gasteiger partial charge in [-0.2, -0.15) is 0 Å². The van der Waals surface area contributed by atoms with E-state index >= 15 is 0 Å². The molecule has 29 heavy (non-hydrogen) atoms. The number of hydrogen-bond donors (Lipinski definition) is 1. The van der Waals surface area contributed by atoms with Crippen molar-refractivity contribution < 1.29 is 9.53 Å². The van der Waals surface area contributed by atoms with E-state index < -0.39 is 0 Å². The van der Waals surface area contributed by atoms with E-state index in [1.165, 1.54) is 30.6 Å². The number of nitrogens with zero attached hydrogens (tertiary/aromatic N) is 3. The third-order valence-electron chi connectivity index (χ3n) is 4.86. The van der Waals surface area contributed by atoms with E-state index in [9.17, 15) is 4.79 Å². The molecule has 4 rings (SSSR count). The van der Waals surface area contributed by atoms with Crippen LogP contribution in [0.3, 0.4) is 0 Å². The molecule has 1 amide bonds. The largest absolute Gasteiger partial charge is 0.489 e. The van der Waals surface area contributed by atoms with Gasteiger partial charge in [-0.3, -0.25) is 15.0 Å². The fraction of sp³-hybridized carbons (Fsp3) is 0.318. The molecule has 3 aromatic rings. The van der Waals surface area contributed by atoms with Gasteiger partial charge in [-0.25, -0.2) is 0 Å². The number of ether oxygens (including phenoxy) is 1. The summed E-state index contributed by atoms with van der Waals surface area (Å²) in [5.74, 6) is 0.533. The van der Waals surface area contributed by atoms with Crippen LogP contribution < -0.4 is 10.1 Å². The highest BCUT2D eigenvalue weighted by molar-refractivity contribution is 7.15. The maximum atomic E-state index is 12.5. The molecule has 7 heteroatoms. The van der Waals surface area contributed by atoms with Crippen molar-refractivity contribution in [1.29, 1.82) is 0 Å². The molecule has 0 spiro atoms. The van der Waals surface area contributed by atoms with E-state index in [2.05, 4.69) is 20.4 Å². The molecule has 1 saturated heterocycles. The lowest BCUT2D eigenvalue weighted by Gasteiger charge is -2.24. The van der Waals surface area contributed by atoms with Crippen molar-refractivity contribution in [3.8, 4) is 5.75 Å². The number of nitrogens with one attached hydrogen (secondary N) is 1. The molecule has 0 bridgehead atoms. The van der Waals surface area contributed by atoms with E-state index in [1.807, 2.05) is 30.3 Å². The normalized spacial score (nSPS) is 14.5. The molecule has 1 fully saturated rings. The fourth-order valence-electron chi connectivity index (χ4n) is 3.29. The number of aromatic nitrogens is 2. The van der Waals surface area contributed by atoms with Crippen LogP contribution in [-0.4, -0.2) is 34.1 Å². The van der Waals surface area contributed by atoms with Crippen molar-refractivity contribution in [2.75, 3.05) is 18.4 Å². The predicted octanol–water partition coefficient (Wildman–Crippen LogP) is 4.36. The first-order valence-corrected chi connectivity index (χ1v) is 10.7. The van der Waals surface area contributed by atoms with Crippen LogP contribution in [0, 0.1) is 0 Å². The summed E-state index contributed by atoms with van der Waals surface area (Å²) >= 11 is 1.44. The molecule has 2 aromatic carbocycles. The number of hydrogen-bond acceptors (Lipinski definition) is 6. The highest BCUT2D eigenvalue weighted by Gasteiger charge is 2.15. The van der Waals surface area contributed by atoms with E-state index in [1.54, 1.807) is 24.3 Å². The lowest BCUT2D eigenvalue weighted by atomic mass is 10.1. The zero-order valence-corrected chi connectivity index (χ0v) is 17.0. The van der Waals surface area contributed by atoms with Crippen molar-refractivity contribution in [2.24, 2.45) is 0 Å². The molecule has 0 saturated carbocycles. The van der Waals surface area contributed by atoms with E-state index in [-0.39, 0.29) is 5.91 Å². The third-order valence-corrected chi connectivity index (χ3v) is 5.68. The van der Waals surface area contributed by atoms with Crippen LogP contribution in [0.5, 0.6) is 5.75 Å².